The van der Waals surface area contributed by atoms with Crippen LogP contribution in [0.1, 0.15) is 10.4 Å². The lowest BCUT2D eigenvalue weighted by atomic mass is 9.97. The van der Waals surface area contributed by atoms with E-state index in [9.17, 15) is 18.4 Å². The molecule has 2 aromatic carbocycles. The average Bonchev–Trinajstić information content (AvgIpc) is 2.70. The quantitative estimate of drug-likeness (QED) is 0.855. The first kappa shape index (κ1) is 19.3. The standard InChI is InChI=1S/C21H21F2N3O3/c22-18-6-1-14(11-19(18)23)21(28)26-12-15(13-26)20(27)24-16-2-4-17(5-3-16)25-7-9-29-10-8-25/h1-6,11,15H,7-10,12-13H2,(H,24,27). The van der Waals surface area contributed by atoms with E-state index < -0.39 is 17.5 Å². The van der Waals surface area contributed by atoms with Crippen molar-refractivity contribution >= 4 is 23.2 Å². The highest BCUT2D eigenvalue weighted by atomic mass is 19.2. The van der Waals surface area contributed by atoms with Crippen LogP contribution in [0.2, 0.25) is 0 Å². The summed E-state index contributed by atoms with van der Waals surface area (Å²) >= 11 is 0. The van der Waals surface area contributed by atoms with Gasteiger partial charge in [-0.2, -0.15) is 0 Å². The third-order valence-corrected chi connectivity index (χ3v) is 5.22. The van der Waals surface area contributed by atoms with Gasteiger partial charge in [0.1, 0.15) is 0 Å². The van der Waals surface area contributed by atoms with Crippen LogP contribution in [-0.4, -0.2) is 56.1 Å². The van der Waals surface area contributed by atoms with Gasteiger partial charge in [0, 0.05) is 43.1 Å². The van der Waals surface area contributed by atoms with Crippen molar-refractivity contribution in [2.45, 2.75) is 0 Å². The Kier molecular flexibility index (Phi) is 5.44. The van der Waals surface area contributed by atoms with Crippen LogP contribution < -0.4 is 10.2 Å². The van der Waals surface area contributed by atoms with Gasteiger partial charge >= 0.3 is 0 Å². The van der Waals surface area contributed by atoms with Gasteiger partial charge in [-0.05, 0) is 42.5 Å². The van der Waals surface area contributed by atoms with Crippen LogP contribution in [0.5, 0.6) is 0 Å². The van der Waals surface area contributed by atoms with Gasteiger partial charge in [-0.3, -0.25) is 9.59 Å². The molecule has 29 heavy (non-hydrogen) atoms. The van der Waals surface area contributed by atoms with E-state index in [0.29, 0.717) is 18.9 Å². The first-order valence-corrected chi connectivity index (χ1v) is 9.49. The highest BCUT2D eigenvalue weighted by Gasteiger charge is 2.36. The number of ether oxygens (including phenoxy) is 1. The predicted molar refractivity (Wildman–Crippen MR) is 104 cm³/mol. The summed E-state index contributed by atoms with van der Waals surface area (Å²) in [5.74, 6) is -2.97. The van der Waals surface area contributed by atoms with E-state index in [-0.39, 0.29) is 30.5 Å². The number of benzene rings is 2. The molecule has 2 saturated heterocycles. The number of amides is 2. The molecule has 6 nitrogen and oxygen atoms in total. The highest BCUT2D eigenvalue weighted by Crippen LogP contribution is 2.23. The fraction of sp³-hybridized carbons (Fsp3) is 0.333. The average molecular weight is 401 g/mol. The first-order chi connectivity index (χ1) is 14.0. The minimum atomic E-state index is -1.06. The summed E-state index contributed by atoms with van der Waals surface area (Å²) in [6.45, 7) is 3.59. The van der Waals surface area contributed by atoms with Gasteiger partial charge in [0.25, 0.3) is 5.91 Å². The number of carbonyl (C=O) groups excluding carboxylic acids is 2. The maximum atomic E-state index is 13.3. The summed E-state index contributed by atoms with van der Waals surface area (Å²) < 4.78 is 31.6. The van der Waals surface area contributed by atoms with Gasteiger partial charge in [0.2, 0.25) is 5.91 Å². The molecule has 2 heterocycles. The van der Waals surface area contributed by atoms with Crippen molar-refractivity contribution in [2.75, 3.05) is 49.6 Å². The van der Waals surface area contributed by atoms with Gasteiger partial charge in [0.05, 0.1) is 19.1 Å². The molecule has 152 valence electrons. The molecule has 2 amide bonds. The molecule has 4 rings (SSSR count). The molecule has 2 aliphatic rings. The normalized spacial score (nSPS) is 17.0. The number of rotatable bonds is 4. The number of morpholine rings is 1. The molecule has 0 saturated carbocycles. The smallest absolute Gasteiger partial charge is 0.254 e. The fourth-order valence-corrected chi connectivity index (χ4v) is 3.44. The van der Waals surface area contributed by atoms with Crippen molar-refractivity contribution < 1.29 is 23.1 Å². The van der Waals surface area contributed by atoms with Crippen LogP contribution in [0.3, 0.4) is 0 Å². The van der Waals surface area contributed by atoms with E-state index in [2.05, 4.69) is 10.2 Å². The molecule has 0 radical (unpaired) electrons. The predicted octanol–water partition coefficient (Wildman–Crippen LogP) is 2.51. The molecule has 2 aliphatic heterocycles. The lowest BCUT2D eigenvalue weighted by Gasteiger charge is -2.38. The van der Waals surface area contributed by atoms with Crippen LogP contribution in [0.4, 0.5) is 20.2 Å². The summed E-state index contributed by atoms with van der Waals surface area (Å²) in [5, 5.41) is 2.86. The van der Waals surface area contributed by atoms with E-state index in [1.165, 1.54) is 11.0 Å². The topological polar surface area (TPSA) is 61.9 Å². The van der Waals surface area contributed by atoms with E-state index >= 15 is 0 Å². The second-order valence-corrected chi connectivity index (χ2v) is 7.17. The maximum absolute atomic E-state index is 13.3. The van der Waals surface area contributed by atoms with Crippen LogP contribution in [-0.2, 0) is 9.53 Å². The Balaban J connectivity index is 1.29. The van der Waals surface area contributed by atoms with E-state index in [0.717, 1.165) is 30.9 Å². The Morgan fingerprint density at radius 1 is 0.966 bits per heavy atom. The molecule has 0 spiro atoms. The third kappa shape index (κ3) is 4.22. The molecule has 0 bridgehead atoms. The maximum Gasteiger partial charge on any atom is 0.254 e. The number of hydrogen-bond donors (Lipinski definition) is 1. The van der Waals surface area contributed by atoms with Crippen molar-refractivity contribution in [1.82, 2.24) is 4.90 Å². The Bertz CT molecular complexity index is 908. The van der Waals surface area contributed by atoms with Crippen LogP contribution in [0.15, 0.2) is 42.5 Å². The number of nitrogens with one attached hydrogen (secondary N) is 1. The SMILES string of the molecule is O=C(Nc1ccc(N2CCOCC2)cc1)C1CN(C(=O)c2ccc(F)c(F)c2)C1. The fourth-order valence-electron chi connectivity index (χ4n) is 3.44. The van der Waals surface area contributed by atoms with Gasteiger partial charge in [-0.15, -0.1) is 0 Å². The van der Waals surface area contributed by atoms with Crippen LogP contribution in [0.25, 0.3) is 0 Å². The third-order valence-electron chi connectivity index (χ3n) is 5.22. The number of anilines is 2. The molecule has 0 atom stereocenters. The summed E-state index contributed by atoms with van der Waals surface area (Å²) in [6.07, 6.45) is 0. The van der Waals surface area contributed by atoms with Crippen molar-refractivity contribution in [1.29, 1.82) is 0 Å². The van der Waals surface area contributed by atoms with Gasteiger partial charge in [-0.25, -0.2) is 8.78 Å². The van der Waals surface area contributed by atoms with E-state index in [1.807, 2.05) is 24.3 Å². The second-order valence-electron chi connectivity index (χ2n) is 7.17. The summed E-state index contributed by atoms with van der Waals surface area (Å²) in [6, 6.07) is 10.7. The van der Waals surface area contributed by atoms with Crippen LogP contribution >= 0.6 is 0 Å². The summed E-state index contributed by atoms with van der Waals surface area (Å²) in [7, 11) is 0. The van der Waals surface area contributed by atoms with Gasteiger partial charge in [-0.1, -0.05) is 0 Å². The molecule has 8 heteroatoms. The number of hydrogen-bond acceptors (Lipinski definition) is 4. The Morgan fingerprint density at radius 3 is 2.31 bits per heavy atom. The number of carbonyl (C=O) groups is 2. The van der Waals surface area contributed by atoms with Crippen molar-refractivity contribution in [2.24, 2.45) is 5.92 Å². The van der Waals surface area contributed by atoms with Gasteiger partial charge < -0.3 is 19.9 Å². The Morgan fingerprint density at radius 2 is 1.66 bits per heavy atom. The zero-order valence-electron chi connectivity index (χ0n) is 15.7. The lowest BCUT2D eigenvalue weighted by molar-refractivity contribution is -0.123. The molecule has 2 fully saturated rings. The molecule has 2 aromatic rings. The number of nitrogens with zero attached hydrogens (tertiary/aromatic N) is 2. The molecule has 0 unspecified atom stereocenters. The second kappa shape index (κ2) is 8.16. The van der Waals surface area contributed by atoms with Gasteiger partial charge in [0.15, 0.2) is 11.6 Å². The van der Waals surface area contributed by atoms with Crippen molar-refractivity contribution in [3.05, 3.63) is 59.7 Å². The highest BCUT2D eigenvalue weighted by molar-refractivity contribution is 5.98. The number of halogens is 2. The van der Waals surface area contributed by atoms with Crippen molar-refractivity contribution in [3.8, 4) is 0 Å². The van der Waals surface area contributed by atoms with Crippen LogP contribution in [0, 0.1) is 17.6 Å². The summed E-state index contributed by atoms with van der Waals surface area (Å²) in [4.78, 5) is 28.4. The Hall–Kier alpha value is -3.00. The zero-order valence-corrected chi connectivity index (χ0v) is 15.7. The molecule has 1 N–H and O–H groups in total. The minimum absolute atomic E-state index is 0.0708. The summed E-state index contributed by atoms with van der Waals surface area (Å²) in [5.41, 5.74) is 1.84. The zero-order chi connectivity index (χ0) is 20.4. The first-order valence-electron chi connectivity index (χ1n) is 9.49. The lowest BCUT2D eigenvalue weighted by Crippen LogP contribution is -2.54. The largest absolute Gasteiger partial charge is 0.378 e. The monoisotopic (exact) mass is 401 g/mol. The minimum Gasteiger partial charge on any atom is -0.378 e. The molecule has 0 aromatic heterocycles. The van der Waals surface area contributed by atoms with E-state index in [1.54, 1.807) is 0 Å². The Labute approximate surface area is 167 Å². The molecular formula is C21H21F2N3O3. The molecular weight excluding hydrogens is 380 g/mol. The van der Waals surface area contributed by atoms with E-state index in [4.69, 9.17) is 4.74 Å². The number of likely N-dealkylation sites (tertiary alicyclic amines) is 1. The molecule has 0 aliphatic carbocycles. The van der Waals surface area contributed by atoms with Crippen molar-refractivity contribution in [3.63, 3.8) is 0 Å².